The van der Waals surface area contributed by atoms with Crippen molar-refractivity contribution in [3.8, 4) is 0 Å². The first kappa shape index (κ1) is 8.85. The maximum absolute atomic E-state index is 11.4. The molecule has 0 saturated heterocycles. The molecule has 0 aliphatic heterocycles. The lowest BCUT2D eigenvalue weighted by molar-refractivity contribution is 0.136. The molecule has 0 aromatic heterocycles. The third kappa shape index (κ3) is 7.85. The number of alkyl halides is 1. The Labute approximate surface area is 55.2 Å². The van der Waals surface area contributed by atoms with Gasteiger partial charge in [0.05, 0.1) is 13.3 Å². The lowest BCUT2D eigenvalue weighted by atomic mass is 10.3. The highest BCUT2D eigenvalue weighted by atomic mass is 19.1. The van der Waals surface area contributed by atoms with Gasteiger partial charge >= 0.3 is 0 Å². The van der Waals surface area contributed by atoms with Crippen LogP contribution in [0.4, 0.5) is 4.39 Å². The van der Waals surface area contributed by atoms with Crippen LogP contribution >= 0.6 is 0 Å². The molecule has 0 spiro atoms. The molecule has 2 N–H and O–H groups in total. The van der Waals surface area contributed by atoms with Gasteiger partial charge in [-0.2, -0.15) is 0 Å². The Bertz CT molecular complexity index is 46.3. The van der Waals surface area contributed by atoms with E-state index in [9.17, 15) is 4.39 Å². The summed E-state index contributed by atoms with van der Waals surface area (Å²) in [6.07, 6.45) is 1.40. The van der Waals surface area contributed by atoms with Crippen molar-refractivity contribution >= 4 is 0 Å². The normalized spacial score (nSPS) is 10.0. The van der Waals surface area contributed by atoms with E-state index in [2.05, 4.69) is 0 Å². The van der Waals surface area contributed by atoms with Crippen molar-refractivity contribution in [3.05, 3.63) is 0 Å². The molecule has 0 aliphatic rings. The van der Waals surface area contributed by atoms with Crippen LogP contribution in [0, 0.1) is 0 Å². The Balaban J connectivity index is 2.60. The van der Waals surface area contributed by atoms with Crippen LogP contribution in [0.2, 0.25) is 0 Å². The lowest BCUT2D eigenvalue weighted by Crippen LogP contribution is -2.08. The summed E-state index contributed by atoms with van der Waals surface area (Å²) in [7, 11) is 0. The van der Waals surface area contributed by atoms with Crippen LogP contribution in [0.15, 0.2) is 0 Å². The highest BCUT2D eigenvalue weighted by molar-refractivity contribution is 4.36. The lowest BCUT2D eigenvalue weighted by Gasteiger charge is -1.98. The van der Waals surface area contributed by atoms with Crippen molar-refractivity contribution < 1.29 is 9.13 Å². The van der Waals surface area contributed by atoms with Gasteiger partial charge < -0.3 is 10.5 Å². The molecule has 0 fully saturated rings. The minimum atomic E-state index is -0.244. The van der Waals surface area contributed by atoms with Gasteiger partial charge in [0.2, 0.25) is 0 Å². The van der Waals surface area contributed by atoms with Crippen LogP contribution < -0.4 is 5.73 Å². The van der Waals surface area contributed by atoms with E-state index in [4.69, 9.17) is 10.5 Å². The van der Waals surface area contributed by atoms with E-state index in [1.165, 1.54) is 0 Å². The molecule has 0 bridgehead atoms. The van der Waals surface area contributed by atoms with Gasteiger partial charge in [0.1, 0.15) is 0 Å². The van der Waals surface area contributed by atoms with Crippen molar-refractivity contribution in [1.29, 1.82) is 0 Å². The number of hydrogen-bond donors (Lipinski definition) is 1. The molecule has 3 heteroatoms. The van der Waals surface area contributed by atoms with Gasteiger partial charge in [-0.1, -0.05) is 0 Å². The van der Waals surface area contributed by atoms with E-state index in [0.717, 1.165) is 6.42 Å². The molecule has 0 atom stereocenters. The van der Waals surface area contributed by atoms with Crippen molar-refractivity contribution in [1.82, 2.24) is 0 Å². The summed E-state index contributed by atoms with van der Waals surface area (Å²) < 4.78 is 16.4. The minimum absolute atomic E-state index is 0.244. The maximum Gasteiger partial charge on any atom is 0.0895 e. The average Bonchev–Trinajstić information content (AvgIpc) is 1.89. The topological polar surface area (TPSA) is 35.2 Å². The number of hydrogen-bond acceptors (Lipinski definition) is 2. The zero-order chi connectivity index (χ0) is 6.95. The number of ether oxygens (including phenoxy) is 1. The third-order valence-corrected chi connectivity index (χ3v) is 0.934. The van der Waals surface area contributed by atoms with E-state index in [0.29, 0.717) is 26.2 Å². The Morgan fingerprint density at radius 3 is 2.56 bits per heavy atom. The molecule has 0 saturated carbocycles. The Morgan fingerprint density at radius 2 is 2.00 bits per heavy atom. The summed E-state index contributed by atoms with van der Waals surface area (Å²) in [4.78, 5) is 0. The molecule has 0 radical (unpaired) electrons. The van der Waals surface area contributed by atoms with E-state index in [1.807, 2.05) is 0 Å². The number of unbranched alkanes of at least 4 members (excludes halogenated alkanes) is 1. The molecule has 0 unspecified atom stereocenters. The molecule has 2 nitrogen and oxygen atoms in total. The summed E-state index contributed by atoms with van der Waals surface area (Å²) >= 11 is 0. The van der Waals surface area contributed by atoms with Gasteiger partial charge in [0.15, 0.2) is 0 Å². The second kappa shape index (κ2) is 7.85. The fraction of sp³-hybridized carbons (Fsp3) is 1.00. The maximum atomic E-state index is 11.4. The molecule has 0 aliphatic carbocycles. The van der Waals surface area contributed by atoms with Crippen molar-refractivity contribution in [2.75, 3.05) is 26.4 Å². The van der Waals surface area contributed by atoms with Crippen LogP contribution in [-0.2, 0) is 4.74 Å². The van der Waals surface area contributed by atoms with Crippen LogP contribution in [0.3, 0.4) is 0 Å². The number of halogens is 1. The highest BCUT2D eigenvalue weighted by Crippen LogP contribution is 1.89. The van der Waals surface area contributed by atoms with E-state index in [1.54, 1.807) is 0 Å². The molecule has 0 rings (SSSR count). The molecular formula is C6H14FNO. The SMILES string of the molecule is NCCOCCCCF. The zero-order valence-corrected chi connectivity index (χ0v) is 5.61. The first-order valence-electron chi connectivity index (χ1n) is 3.25. The summed E-state index contributed by atoms with van der Waals surface area (Å²) in [6.45, 7) is 1.54. The largest absolute Gasteiger partial charge is 0.380 e. The first-order valence-corrected chi connectivity index (χ1v) is 3.25. The summed E-state index contributed by atoms with van der Waals surface area (Å²) in [5, 5.41) is 0. The van der Waals surface area contributed by atoms with E-state index >= 15 is 0 Å². The van der Waals surface area contributed by atoms with Crippen molar-refractivity contribution in [2.24, 2.45) is 5.73 Å². The third-order valence-electron chi connectivity index (χ3n) is 0.934. The van der Waals surface area contributed by atoms with Gasteiger partial charge in [-0.25, -0.2) is 0 Å². The molecule has 0 aromatic carbocycles. The van der Waals surface area contributed by atoms with Gasteiger partial charge in [-0.3, -0.25) is 4.39 Å². The molecule has 0 amide bonds. The summed E-state index contributed by atoms with van der Waals surface area (Å²) in [5.74, 6) is 0. The number of nitrogens with two attached hydrogens (primary N) is 1. The molecule has 0 heterocycles. The second-order valence-electron chi connectivity index (χ2n) is 1.80. The zero-order valence-electron chi connectivity index (χ0n) is 5.61. The standard InChI is InChI=1S/C6H14FNO/c7-3-1-2-5-9-6-4-8/h1-6,8H2. The average molecular weight is 135 g/mol. The molecule has 56 valence electrons. The van der Waals surface area contributed by atoms with Crippen LogP contribution in [-0.4, -0.2) is 26.4 Å². The second-order valence-corrected chi connectivity index (χ2v) is 1.80. The predicted molar refractivity (Wildman–Crippen MR) is 35.1 cm³/mol. The van der Waals surface area contributed by atoms with E-state index in [-0.39, 0.29) is 6.67 Å². The van der Waals surface area contributed by atoms with Gasteiger partial charge in [0.25, 0.3) is 0 Å². The quantitative estimate of drug-likeness (QED) is 0.544. The van der Waals surface area contributed by atoms with Gasteiger partial charge in [0, 0.05) is 13.2 Å². The Hall–Kier alpha value is -0.150. The highest BCUT2D eigenvalue weighted by Gasteiger charge is 1.86. The number of rotatable bonds is 6. The minimum Gasteiger partial charge on any atom is -0.380 e. The van der Waals surface area contributed by atoms with Crippen LogP contribution in [0.25, 0.3) is 0 Å². The van der Waals surface area contributed by atoms with Crippen molar-refractivity contribution in [3.63, 3.8) is 0 Å². The summed E-state index contributed by atoms with van der Waals surface area (Å²) in [5.41, 5.74) is 5.14. The smallest absolute Gasteiger partial charge is 0.0895 e. The Morgan fingerprint density at radius 1 is 1.22 bits per heavy atom. The van der Waals surface area contributed by atoms with Gasteiger partial charge in [-0.15, -0.1) is 0 Å². The molecule has 0 aromatic rings. The Kier molecular flexibility index (Phi) is 7.72. The van der Waals surface area contributed by atoms with Crippen molar-refractivity contribution in [2.45, 2.75) is 12.8 Å². The van der Waals surface area contributed by atoms with Crippen LogP contribution in [0.5, 0.6) is 0 Å². The van der Waals surface area contributed by atoms with E-state index < -0.39 is 0 Å². The molecular weight excluding hydrogens is 121 g/mol. The van der Waals surface area contributed by atoms with Crippen LogP contribution in [0.1, 0.15) is 12.8 Å². The first-order chi connectivity index (χ1) is 4.41. The summed E-state index contributed by atoms with van der Waals surface area (Å²) in [6, 6.07) is 0. The predicted octanol–water partition coefficient (Wildman–Crippen LogP) is 0.711. The molecule has 9 heavy (non-hydrogen) atoms. The monoisotopic (exact) mass is 135 g/mol. The fourth-order valence-corrected chi connectivity index (χ4v) is 0.484. The van der Waals surface area contributed by atoms with Gasteiger partial charge in [-0.05, 0) is 12.8 Å². The fourth-order valence-electron chi connectivity index (χ4n) is 0.484.